The molecule has 1 aliphatic rings. The SMILES string of the molecule is O=C(c1cccc(OCc2ccccc2)c1)N1CCN(c2ccccc2Cl)CC1. The van der Waals surface area contributed by atoms with E-state index in [-0.39, 0.29) is 5.91 Å². The molecular formula is C24H23ClN2O2. The largest absolute Gasteiger partial charge is 0.489 e. The van der Waals surface area contributed by atoms with Crippen molar-refractivity contribution in [2.24, 2.45) is 0 Å². The number of carbonyl (C=O) groups is 1. The van der Waals surface area contributed by atoms with E-state index < -0.39 is 0 Å². The number of halogens is 1. The Kier molecular flexibility index (Phi) is 6.01. The number of para-hydroxylation sites is 1. The third kappa shape index (κ3) is 4.72. The summed E-state index contributed by atoms with van der Waals surface area (Å²) in [6, 6.07) is 25.3. The van der Waals surface area contributed by atoms with Gasteiger partial charge in [0.15, 0.2) is 0 Å². The van der Waals surface area contributed by atoms with Crippen LogP contribution in [0, 0.1) is 0 Å². The van der Waals surface area contributed by atoms with Gasteiger partial charge in [-0.25, -0.2) is 0 Å². The zero-order chi connectivity index (χ0) is 20.1. The van der Waals surface area contributed by atoms with Crippen LogP contribution >= 0.6 is 11.6 Å². The maximum atomic E-state index is 13.0. The molecule has 1 fully saturated rings. The highest BCUT2D eigenvalue weighted by Crippen LogP contribution is 2.26. The lowest BCUT2D eigenvalue weighted by Gasteiger charge is -2.36. The first-order valence-corrected chi connectivity index (χ1v) is 10.1. The van der Waals surface area contributed by atoms with Gasteiger partial charge in [0.2, 0.25) is 0 Å². The molecule has 29 heavy (non-hydrogen) atoms. The molecule has 4 nitrogen and oxygen atoms in total. The van der Waals surface area contributed by atoms with Crippen LogP contribution in [0.1, 0.15) is 15.9 Å². The van der Waals surface area contributed by atoms with Gasteiger partial charge in [-0.1, -0.05) is 60.1 Å². The predicted octanol–water partition coefficient (Wildman–Crippen LogP) is 4.88. The summed E-state index contributed by atoms with van der Waals surface area (Å²) in [4.78, 5) is 17.1. The molecule has 0 aliphatic carbocycles. The summed E-state index contributed by atoms with van der Waals surface area (Å²) >= 11 is 6.31. The van der Waals surface area contributed by atoms with Crippen molar-refractivity contribution in [2.75, 3.05) is 31.1 Å². The first kappa shape index (κ1) is 19.3. The van der Waals surface area contributed by atoms with Crippen molar-refractivity contribution >= 4 is 23.2 Å². The van der Waals surface area contributed by atoms with E-state index in [2.05, 4.69) is 4.90 Å². The number of piperazine rings is 1. The maximum absolute atomic E-state index is 13.0. The van der Waals surface area contributed by atoms with Crippen molar-refractivity contribution < 1.29 is 9.53 Å². The van der Waals surface area contributed by atoms with E-state index in [0.717, 1.165) is 29.4 Å². The topological polar surface area (TPSA) is 32.8 Å². The second kappa shape index (κ2) is 9.01. The number of hydrogen-bond donors (Lipinski definition) is 0. The van der Waals surface area contributed by atoms with Crippen LogP contribution in [0.3, 0.4) is 0 Å². The summed E-state index contributed by atoms with van der Waals surface area (Å²) in [5.41, 5.74) is 2.78. The molecular weight excluding hydrogens is 384 g/mol. The van der Waals surface area contributed by atoms with E-state index in [1.807, 2.05) is 83.8 Å². The van der Waals surface area contributed by atoms with Crippen molar-refractivity contribution in [3.8, 4) is 5.75 Å². The Morgan fingerprint density at radius 3 is 2.34 bits per heavy atom. The van der Waals surface area contributed by atoms with Gasteiger partial charge < -0.3 is 14.5 Å². The number of ether oxygens (including phenoxy) is 1. The third-order valence-electron chi connectivity index (χ3n) is 5.09. The van der Waals surface area contributed by atoms with Crippen molar-refractivity contribution in [3.05, 3.63) is 95.0 Å². The zero-order valence-corrected chi connectivity index (χ0v) is 16.9. The molecule has 0 aromatic heterocycles. The van der Waals surface area contributed by atoms with Gasteiger partial charge in [-0.2, -0.15) is 0 Å². The number of carbonyl (C=O) groups excluding carboxylic acids is 1. The van der Waals surface area contributed by atoms with Crippen LogP contribution < -0.4 is 9.64 Å². The zero-order valence-electron chi connectivity index (χ0n) is 16.1. The standard InChI is InChI=1S/C24H23ClN2O2/c25-22-11-4-5-12-23(22)26-13-15-27(16-14-26)24(28)20-9-6-10-21(17-20)29-18-19-7-2-1-3-8-19/h1-12,17H,13-16,18H2. The lowest BCUT2D eigenvalue weighted by atomic mass is 10.1. The van der Waals surface area contributed by atoms with E-state index in [4.69, 9.17) is 16.3 Å². The summed E-state index contributed by atoms with van der Waals surface area (Å²) in [6.07, 6.45) is 0. The molecule has 1 heterocycles. The highest BCUT2D eigenvalue weighted by atomic mass is 35.5. The molecule has 0 radical (unpaired) electrons. The van der Waals surface area contributed by atoms with Gasteiger partial charge in [-0.15, -0.1) is 0 Å². The van der Waals surface area contributed by atoms with Crippen molar-refractivity contribution in [1.82, 2.24) is 4.90 Å². The highest BCUT2D eigenvalue weighted by molar-refractivity contribution is 6.33. The van der Waals surface area contributed by atoms with Crippen molar-refractivity contribution in [2.45, 2.75) is 6.61 Å². The van der Waals surface area contributed by atoms with Crippen molar-refractivity contribution in [1.29, 1.82) is 0 Å². The van der Waals surface area contributed by atoms with Gasteiger partial charge in [-0.3, -0.25) is 4.79 Å². The molecule has 4 rings (SSSR count). The molecule has 148 valence electrons. The van der Waals surface area contributed by atoms with Crippen molar-refractivity contribution in [3.63, 3.8) is 0 Å². The Morgan fingerprint density at radius 2 is 1.59 bits per heavy atom. The molecule has 1 aliphatic heterocycles. The fraction of sp³-hybridized carbons (Fsp3) is 0.208. The number of hydrogen-bond acceptors (Lipinski definition) is 3. The average molecular weight is 407 g/mol. The summed E-state index contributed by atoms with van der Waals surface area (Å²) in [7, 11) is 0. The monoisotopic (exact) mass is 406 g/mol. The molecule has 0 unspecified atom stereocenters. The predicted molar refractivity (Wildman–Crippen MR) is 117 cm³/mol. The second-order valence-electron chi connectivity index (χ2n) is 7.03. The van der Waals surface area contributed by atoms with E-state index >= 15 is 0 Å². The number of rotatable bonds is 5. The minimum atomic E-state index is 0.0361. The molecule has 0 saturated carbocycles. The van der Waals surface area contributed by atoms with Crippen LogP contribution in [0.5, 0.6) is 5.75 Å². The van der Waals surface area contributed by atoms with Gasteiger partial charge in [0.1, 0.15) is 12.4 Å². The van der Waals surface area contributed by atoms with Gasteiger partial charge in [0.05, 0.1) is 10.7 Å². The Morgan fingerprint density at radius 1 is 0.862 bits per heavy atom. The minimum Gasteiger partial charge on any atom is -0.489 e. The Hall–Kier alpha value is -2.98. The highest BCUT2D eigenvalue weighted by Gasteiger charge is 2.23. The number of amides is 1. The summed E-state index contributed by atoms with van der Waals surface area (Å²) in [5.74, 6) is 0.739. The lowest BCUT2D eigenvalue weighted by molar-refractivity contribution is 0.0746. The minimum absolute atomic E-state index is 0.0361. The summed E-state index contributed by atoms with van der Waals surface area (Å²) < 4.78 is 5.86. The van der Waals surface area contributed by atoms with Crippen LogP contribution in [0.25, 0.3) is 0 Å². The van der Waals surface area contributed by atoms with Crippen LogP contribution in [-0.4, -0.2) is 37.0 Å². The van der Waals surface area contributed by atoms with Gasteiger partial charge >= 0.3 is 0 Å². The van der Waals surface area contributed by atoms with Crippen LogP contribution in [0.4, 0.5) is 5.69 Å². The van der Waals surface area contributed by atoms with Crippen LogP contribution in [-0.2, 0) is 6.61 Å². The van der Waals surface area contributed by atoms with Crippen LogP contribution in [0.15, 0.2) is 78.9 Å². The average Bonchev–Trinajstić information content (AvgIpc) is 2.79. The molecule has 3 aromatic carbocycles. The maximum Gasteiger partial charge on any atom is 0.254 e. The van der Waals surface area contributed by atoms with E-state index in [0.29, 0.717) is 31.0 Å². The van der Waals surface area contributed by atoms with Gasteiger partial charge in [0.25, 0.3) is 5.91 Å². The fourth-order valence-electron chi connectivity index (χ4n) is 3.50. The smallest absolute Gasteiger partial charge is 0.254 e. The third-order valence-corrected chi connectivity index (χ3v) is 5.41. The number of benzene rings is 3. The Labute approximate surface area is 176 Å². The Bertz CT molecular complexity index is 969. The van der Waals surface area contributed by atoms with E-state index in [1.54, 1.807) is 0 Å². The summed E-state index contributed by atoms with van der Waals surface area (Å²) in [6.45, 7) is 3.34. The molecule has 5 heteroatoms. The van der Waals surface area contributed by atoms with Crippen LogP contribution in [0.2, 0.25) is 5.02 Å². The molecule has 3 aromatic rings. The summed E-state index contributed by atoms with van der Waals surface area (Å²) in [5, 5.41) is 0.746. The first-order chi connectivity index (χ1) is 14.2. The van der Waals surface area contributed by atoms with E-state index in [1.165, 1.54) is 0 Å². The fourth-order valence-corrected chi connectivity index (χ4v) is 3.76. The molecule has 0 N–H and O–H groups in total. The molecule has 0 spiro atoms. The molecule has 0 atom stereocenters. The van der Waals surface area contributed by atoms with Gasteiger partial charge in [0, 0.05) is 31.7 Å². The molecule has 1 amide bonds. The first-order valence-electron chi connectivity index (χ1n) is 9.76. The normalized spacial score (nSPS) is 14.0. The molecule has 0 bridgehead atoms. The lowest BCUT2D eigenvalue weighted by Crippen LogP contribution is -2.48. The molecule has 1 saturated heterocycles. The Balaban J connectivity index is 1.37. The number of anilines is 1. The quantitative estimate of drug-likeness (QED) is 0.605. The second-order valence-corrected chi connectivity index (χ2v) is 7.44. The number of nitrogens with zero attached hydrogens (tertiary/aromatic N) is 2. The van der Waals surface area contributed by atoms with Gasteiger partial charge in [-0.05, 0) is 35.9 Å². The van der Waals surface area contributed by atoms with E-state index in [9.17, 15) is 4.79 Å².